The van der Waals surface area contributed by atoms with Crippen LogP contribution in [-0.2, 0) is 19.4 Å². The van der Waals surface area contributed by atoms with Gasteiger partial charge in [0, 0.05) is 0 Å². The molecule has 5 heteroatoms. The molecule has 0 aliphatic rings. The number of rotatable bonds is 7. The van der Waals surface area contributed by atoms with Gasteiger partial charge in [-0.3, -0.25) is 4.79 Å². The smallest absolute Gasteiger partial charge is 0.337 e. The van der Waals surface area contributed by atoms with Crippen LogP contribution in [-0.4, -0.2) is 23.7 Å². The number of hydrogen-bond acceptors (Lipinski definition) is 4. The molecule has 0 saturated carbocycles. The Balaban J connectivity index is 3.69. The summed E-state index contributed by atoms with van der Waals surface area (Å²) in [5.74, 6) is -1.12. The lowest BCUT2D eigenvalue weighted by Crippen LogP contribution is -2.23. The van der Waals surface area contributed by atoms with E-state index in [1.165, 1.54) is 0 Å². The number of aliphatic carboxylic acids is 1. The molecule has 12 heavy (non-hydrogen) atoms. The highest BCUT2D eigenvalue weighted by molar-refractivity contribution is 5.72. The molecule has 1 N–H and O–H groups in total. The molecule has 1 unspecified atom stereocenters. The van der Waals surface area contributed by atoms with E-state index < -0.39 is 12.1 Å². The molecule has 0 amide bonds. The predicted molar refractivity (Wildman–Crippen MR) is 39.2 cm³/mol. The second-order valence-electron chi connectivity index (χ2n) is 2.26. The predicted octanol–water partition coefficient (Wildman–Crippen LogP) is 0.734. The highest BCUT2D eigenvalue weighted by Crippen LogP contribution is 2.04. The maximum absolute atomic E-state index is 10.4. The van der Waals surface area contributed by atoms with Gasteiger partial charge in [0.15, 0.2) is 0 Å². The SMILES string of the molecule is CCCCC(OOC=O)C(=O)O. The van der Waals surface area contributed by atoms with E-state index in [1.807, 2.05) is 6.92 Å². The van der Waals surface area contributed by atoms with E-state index in [9.17, 15) is 9.59 Å². The molecule has 0 aromatic carbocycles. The molecule has 0 rings (SSSR count). The summed E-state index contributed by atoms with van der Waals surface area (Å²) in [6.45, 7) is 1.99. The van der Waals surface area contributed by atoms with Crippen molar-refractivity contribution in [1.82, 2.24) is 0 Å². The van der Waals surface area contributed by atoms with E-state index in [1.54, 1.807) is 0 Å². The van der Waals surface area contributed by atoms with Crippen molar-refractivity contribution in [3.05, 3.63) is 0 Å². The Morgan fingerprint density at radius 1 is 1.67 bits per heavy atom. The molecule has 0 radical (unpaired) electrons. The lowest BCUT2D eigenvalue weighted by molar-refractivity contribution is -0.285. The Labute approximate surface area is 70.2 Å². The van der Waals surface area contributed by atoms with Crippen LogP contribution in [0.15, 0.2) is 0 Å². The highest BCUT2D eigenvalue weighted by Gasteiger charge is 2.18. The van der Waals surface area contributed by atoms with Gasteiger partial charge in [0.2, 0.25) is 6.10 Å². The van der Waals surface area contributed by atoms with E-state index >= 15 is 0 Å². The molecule has 0 heterocycles. The van der Waals surface area contributed by atoms with E-state index in [4.69, 9.17) is 5.11 Å². The molecule has 0 spiro atoms. The topological polar surface area (TPSA) is 72.8 Å². The molecular formula is C7H12O5. The van der Waals surface area contributed by atoms with Crippen LogP contribution in [0.25, 0.3) is 0 Å². The summed E-state index contributed by atoms with van der Waals surface area (Å²) in [6, 6.07) is 0. The standard InChI is InChI=1S/C7H12O5/c1-2-3-4-6(7(9)10)12-11-5-8/h5-6H,2-4H2,1H3,(H,9,10). The summed E-state index contributed by atoms with van der Waals surface area (Å²) in [4.78, 5) is 28.2. The third-order valence-corrected chi connectivity index (χ3v) is 1.31. The van der Waals surface area contributed by atoms with Gasteiger partial charge in [-0.05, 0) is 6.42 Å². The first kappa shape index (κ1) is 10.9. The first-order valence-electron chi connectivity index (χ1n) is 3.71. The summed E-state index contributed by atoms with van der Waals surface area (Å²) in [7, 11) is 0. The highest BCUT2D eigenvalue weighted by atomic mass is 17.2. The van der Waals surface area contributed by atoms with Gasteiger partial charge in [0.1, 0.15) is 0 Å². The molecule has 1 atom stereocenters. The van der Waals surface area contributed by atoms with Crippen molar-refractivity contribution in [2.24, 2.45) is 0 Å². The van der Waals surface area contributed by atoms with Gasteiger partial charge >= 0.3 is 12.4 Å². The van der Waals surface area contributed by atoms with Gasteiger partial charge in [-0.25, -0.2) is 4.79 Å². The minimum Gasteiger partial charge on any atom is -0.479 e. The lowest BCUT2D eigenvalue weighted by Gasteiger charge is -2.08. The van der Waals surface area contributed by atoms with Crippen LogP contribution in [0.3, 0.4) is 0 Å². The third-order valence-electron chi connectivity index (χ3n) is 1.31. The fraction of sp³-hybridized carbons (Fsp3) is 0.714. The summed E-state index contributed by atoms with van der Waals surface area (Å²) in [5.41, 5.74) is 0. The largest absolute Gasteiger partial charge is 0.479 e. The summed E-state index contributed by atoms with van der Waals surface area (Å²) >= 11 is 0. The van der Waals surface area contributed by atoms with Gasteiger partial charge in [0.25, 0.3) is 0 Å². The van der Waals surface area contributed by atoms with Gasteiger partial charge in [-0.1, -0.05) is 19.8 Å². The molecule has 0 aliphatic carbocycles. The maximum Gasteiger partial charge on any atom is 0.337 e. The zero-order chi connectivity index (χ0) is 9.40. The Morgan fingerprint density at radius 3 is 2.75 bits per heavy atom. The minimum atomic E-state index is -1.12. The van der Waals surface area contributed by atoms with Crippen LogP contribution in [0.5, 0.6) is 0 Å². The van der Waals surface area contributed by atoms with E-state index in [2.05, 4.69) is 9.78 Å². The molecule has 0 aliphatic heterocycles. The van der Waals surface area contributed by atoms with Crippen LogP contribution in [0.4, 0.5) is 0 Å². The van der Waals surface area contributed by atoms with Crippen molar-refractivity contribution < 1.29 is 24.5 Å². The molecule has 0 aromatic rings. The maximum atomic E-state index is 10.4. The average Bonchev–Trinajstić information content (AvgIpc) is 2.04. The minimum absolute atomic E-state index is 0.0574. The van der Waals surface area contributed by atoms with Crippen LogP contribution in [0, 0.1) is 0 Å². The normalized spacial score (nSPS) is 12.1. The summed E-state index contributed by atoms with van der Waals surface area (Å²) < 4.78 is 0. The zero-order valence-electron chi connectivity index (χ0n) is 6.86. The quantitative estimate of drug-likeness (QED) is 0.351. The molecule has 0 fully saturated rings. The first-order valence-corrected chi connectivity index (χ1v) is 3.71. The number of unbranched alkanes of at least 4 members (excludes halogenated alkanes) is 1. The average molecular weight is 176 g/mol. The number of carboxylic acids is 1. The van der Waals surface area contributed by atoms with Gasteiger partial charge in [0.05, 0.1) is 0 Å². The number of carbonyl (C=O) groups is 2. The van der Waals surface area contributed by atoms with Crippen LogP contribution in [0.1, 0.15) is 26.2 Å². The molecule has 5 nitrogen and oxygen atoms in total. The lowest BCUT2D eigenvalue weighted by atomic mass is 10.2. The van der Waals surface area contributed by atoms with Crippen LogP contribution >= 0.6 is 0 Å². The Morgan fingerprint density at radius 2 is 2.33 bits per heavy atom. The van der Waals surface area contributed by atoms with Crippen LogP contribution in [0.2, 0.25) is 0 Å². The van der Waals surface area contributed by atoms with Gasteiger partial charge < -0.3 is 9.99 Å². The van der Waals surface area contributed by atoms with Crippen molar-refractivity contribution in [2.45, 2.75) is 32.3 Å². The van der Waals surface area contributed by atoms with Crippen LogP contribution < -0.4 is 0 Å². The number of carbonyl (C=O) groups excluding carboxylic acids is 1. The van der Waals surface area contributed by atoms with Crippen molar-refractivity contribution in [3.63, 3.8) is 0 Å². The van der Waals surface area contributed by atoms with Crippen molar-refractivity contribution in [1.29, 1.82) is 0 Å². The summed E-state index contributed by atoms with van der Waals surface area (Å²) in [5, 5.41) is 8.51. The van der Waals surface area contributed by atoms with Crippen molar-refractivity contribution in [2.75, 3.05) is 0 Å². The van der Waals surface area contributed by atoms with E-state index in [0.717, 1.165) is 12.8 Å². The Bertz CT molecular complexity index is 145. The molecule has 70 valence electrons. The monoisotopic (exact) mass is 176 g/mol. The first-order chi connectivity index (χ1) is 5.72. The Hall–Kier alpha value is -1.10. The van der Waals surface area contributed by atoms with Crippen molar-refractivity contribution >= 4 is 12.4 Å². The number of carboxylic acid groups (broad SMARTS) is 1. The van der Waals surface area contributed by atoms with Crippen molar-refractivity contribution in [3.8, 4) is 0 Å². The fourth-order valence-corrected chi connectivity index (χ4v) is 0.692. The zero-order valence-corrected chi connectivity index (χ0v) is 6.86. The molecule has 0 aromatic heterocycles. The van der Waals surface area contributed by atoms with Gasteiger partial charge in [-0.2, -0.15) is 4.89 Å². The summed E-state index contributed by atoms with van der Waals surface area (Å²) in [6.07, 6.45) is 0.891. The van der Waals surface area contributed by atoms with Gasteiger partial charge in [-0.15, -0.1) is 0 Å². The Kier molecular flexibility index (Phi) is 6.00. The molecule has 0 saturated heterocycles. The van der Waals surface area contributed by atoms with E-state index in [-0.39, 0.29) is 6.47 Å². The molecular weight excluding hydrogens is 164 g/mol. The third kappa shape index (κ3) is 4.68. The van der Waals surface area contributed by atoms with E-state index in [0.29, 0.717) is 6.42 Å². The molecule has 0 bridgehead atoms. The number of hydrogen-bond donors (Lipinski definition) is 1. The second-order valence-corrected chi connectivity index (χ2v) is 2.26. The second kappa shape index (κ2) is 6.60. The fourth-order valence-electron chi connectivity index (χ4n) is 0.692.